The zero-order valence-electron chi connectivity index (χ0n) is 35.5. The third-order valence-corrected chi connectivity index (χ3v) is 15.5. The van der Waals surface area contributed by atoms with Gasteiger partial charge in [-0.05, 0) is 117 Å². The van der Waals surface area contributed by atoms with E-state index in [2.05, 4.69) is 31.4 Å². The standard InChI is InChI=1S/C42H75N3O15/c1-22(26-9-10-27-25-8-7-23-18-24(48)12-13-41(23,2)28(25)19-31(51)42(26,27)3)6-11-32(52)45(16-4-14-43-39(59)37(57)35(55)33(53)29(49)20-46)17-5-15-44-40(60)38(58)36(56)34(54)30(50)21-47/h22-31,33-38,46-51,53-58H,4-21H2,1-3H3,(H,43,59)(H,44,60). The molecule has 18 unspecified atom stereocenters. The van der Waals surface area contributed by atoms with E-state index in [0.29, 0.717) is 30.1 Å². The third-order valence-electron chi connectivity index (χ3n) is 15.5. The van der Waals surface area contributed by atoms with Crippen LogP contribution >= 0.6 is 0 Å². The van der Waals surface area contributed by atoms with Crippen LogP contribution < -0.4 is 10.6 Å². The Balaban J connectivity index is 1.35. The predicted molar refractivity (Wildman–Crippen MR) is 215 cm³/mol. The van der Waals surface area contributed by atoms with Gasteiger partial charge in [0.1, 0.15) is 36.6 Å². The second kappa shape index (κ2) is 22.0. The molecule has 18 heteroatoms. The molecule has 0 aliphatic heterocycles. The molecule has 4 aliphatic rings. The Morgan fingerprint density at radius 3 is 1.75 bits per heavy atom. The molecule has 4 fully saturated rings. The summed E-state index contributed by atoms with van der Waals surface area (Å²) in [5, 5.41) is 124. The molecular formula is C42H75N3O15. The molecular weight excluding hydrogens is 786 g/mol. The molecule has 4 rings (SSSR count). The van der Waals surface area contributed by atoms with E-state index in [1.54, 1.807) is 4.90 Å². The van der Waals surface area contributed by atoms with E-state index in [1.165, 1.54) is 0 Å². The van der Waals surface area contributed by atoms with Gasteiger partial charge in [-0.2, -0.15) is 0 Å². The molecule has 18 nitrogen and oxygen atoms in total. The van der Waals surface area contributed by atoms with Crippen LogP contribution in [0.4, 0.5) is 0 Å². The molecule has 60 heavy (non-hydrogen) atoms. The summed E-state index contributed by atoms with van der Waals surface area (Å²) in [4.78, 5) is 40.3. The van der Waals surface area contributed by atoms with Crippen LogP contribution in [-0.2, 0) is 14.4 Å². The van der Waals surface area contributed by atoms with Crippen molar-refractivity contribution in [3.05, 3.63) is 0 Å². The molecule has 0 aromatic carbocycles. The highest BCUT2D eigenvalue weighted by molar-refractivity contribution is 5.81. The van der Waals surface area contributed by atoms with Crippen LogP contribution in [-0.4, -0.2) is 184 Å². The van der Waals surface area contributed by atoms with Crippen LogP contribution in [0.15, 0.2) is 0 Å². The van der Waals surface area contributed by atoms with E-state index < -0.39 is 80.0 Å². The number of hydrogen-bond acceptors (Lipinski definition) is 15. The highest BCUT2D eigenvalue weighted by Gasteiger charge is 2.63. The van der Waals surface area contributed by atoms with Gasteiger partial charge >= 0.3 is 0 Å². The zero-order valence-corrected chi connectivity index (χ0v) is 35.5. The first-order chi connectivity index (χ1) is 28.2. The molecule has 0 spiro atoms. The zero-order chi connectivity index (χ0) is 44.7. The van der Waals surface area contributed by atoms with E-state index in [-0.39, 0.29) is 80.1 Å². The van der Waals surface area contributed by atoms with Crippen molar-refractivity contribution in [2.24, 2.45) is 46.3 Å². The Labute approximate surface area is 353 Å². The molecule has 0 aromatic heterocycles. The summed E-state index contributed by atoms with van der Waals surface area (Å²) in [5.74, 6) is -0.145. The van der Waals surface area contributed by atoms with Gasteiger partial charge in [0.25, 0.3) is 11.8 Å². The molecule has 14 N–H and O–H groups in total. The molecule has 0 radical (unpaired) electrons. The van der Waals surface area contributed by atoms with Gasteiger partial charge in [-0.25, -0.2) is 0 Å². The van der Waals surface area contributed by atoms with Crippen LogP contribution in [0.25, 0.3) is 0 Å². The molecule has 0 aromatic rings. The molecule has 0 heterocycles. The molecule has 348 valence electrons. The Bertz CT molecular complexity index is 1350. The lowest BCUT2D eigenvalue weighted by Crippen LogP contribution is -2.58. The van der Waals surface area contributed by atoms with Crippen molar-refractivity contribution >= 4 is 17.7 Å². The van der Waals surface area contributed by atoms with Crippen LogP contribution in [0.5, 0.6) is 0 Å². The maximum atomic E-state index is 13.8. The fraction of sp³-hybridized carbons (Fsp3) is 0.929. The number of nitrogens with one attached hydrogen (secondary N) is 2. The summed E-state index contributed by atoms with van der Waals surface area (Å²) < 4.78 is 0. The first kappa shape index (κ1) is 50.6. The highest BCUT2D eigenvalue weighted by atomic mass is 16.4. The van der Waals surface area contributed by atoms with Gasteiger partial charge in [0.05, 0.1) is 25.4 Å². The van der Waals surface area contributed by atoms with Crippen molar-refractivity contribution in [1.82, 2.24) is 15.5 Å². The van der Waals surface area contributed by atoms with Gasteiger partial charge in [0.15, 0.2) is 12.2 Å². The molecule has 4 saturated carbocycles. The number of nitrogens with zero attached hydrogens (tertiary/aromatic N) is 1. The average molecular weight is 862 g/mol. The first-order valence-electron chi connectivity index (χ1n) is 22.1. The molecule has 18 atom stereocenters. The van der Waals surface area contributed by atoms with Crippen molar-refractivity contribution in [3.63, 3.8) is 0 Å². The molecule has 0 saturated heterocycles. The minimum Gasteiger partial charge on any atom is -0.394 e. The maximum absolute atomic E-state index is 13.8. The largest absolute Gasteiger partial charge is 0.394 e. The van der Waals surface area contributed by atoms with E-state index in [0.717, 1.165) is 51.4 Å². The summed E-state index contributed by atoms with van der Waals surface area (Å²) in [6, 6.07) is 0. The maximum Gasteiger partial charge on any atom is 0.251 e. The number of aliphatic hydroxyl groups excluding tert-OH is 12. The third kappa shape index (κ3) is 11.2. The predicted octanol–water partition coefficient (Wildman–Crippen LogP) is -2.89. The minimum atomic E-state index is -2.11. The van der Waals surface area contributed by atoms with Crippen molar-refractivity contribution in [1.29, 1.82) is 0 Å². The van der Waals surface area contributed by atoms with Crippen LogP contribution in [0, 0.1) is 46.3 Å². The topological polar surface area (TPSA) is 321 Å². The van der Waals surface area contributed by atoms with Gasteiger partial charge in [-0.1, -0.05) is 20.8 Å². The Morgan fingerprint density at radius 2 is 1.23 bits per heavy atom. The quantitative estimate of drug-likeness (QED) is 0.0486. The summed E-state index contributed by atoms with van der Waals surface area (Å²) in [6.45, 7) is 5.15. The number of rotatable bonds is 22. The van der Waals surface area contributed by atoms with Gasteiger partial charge in [0, 0.05) is 32.6 Å². The molecule has 4 aliphatic carbocycles. The van der Waals surface area contributed by atoms with Gasteiger partial charge in [0.2, 0.25) is 5.91 Å². The van der Waals surface area contributed by atoms with E-state index in [9.17, 15) is 65.4 Å². The van der Waals surface area contributed by atoms with Crippen LogP contribution in [0.2, 0.25) is 0 Å². The second-order valence-electron chi connectivity index (χ2n) is 18.9. The lowest BCUT2D eigenvalue weighted by atomic mass is 9.43. The van der Waals surface area contributed by atoms with Crippen LogP contribution in [0.3, 0.4) is 0 Å². The van der Waals surface area contributed by atoms with Crippen molar-refractivity contribution < 1.29 is 75.7 Å². The van der Waals surface area contributed by atoms with Crippen molar-refractivity contribution in [2.75, 3.05) is 39.4 Å². The van der Waals surface area contributed by atoms with Gasteiger partial charge in [-0.15, -0.1) is 0 Å². The molecule has 0 bridgehead atoms. The lowest BCUT2D eigenvalue weighted by Gasteiger charge is -2.62. The number of fused-ring (bicyclic) bond motifs is 5. The Morgan fingerprint density at radius 1 is 0.700 bits per heavy atom. The minimum absolute atomic E-state index is 0.0491. The van der Waals surface area contributed by atoms with E-state index >= 15 is 0 Å². The SMILES string of the molecule is CC(CCC(=O)N(CCCNC(=O)C(O)C(O)C(O)C(O)CO)CCCNC(=O)C(O)C(O)C(O)C(O)CO)C1CCC2C3CCC4CC(O)CCC4(C)C3CC(O)C12C. The smallest absolute Gasteiger partial charge is 0.251 e. The number of carbonyl (C=O) groups is 3. The Hall–Kier alpha value is -2.07. The fourth-order valence-corrected chi connectivity index (χ4v) is 11.8. The summed E-state index contributed by atoms with van der Waals surface area (Å²) >= 11 is 0. The first-order valence-corrected chi connectivity index (χ1v) is 22.1. The van der Waals surface area contributed by atoms with Crippen LogP contribution in [0.1, 0.15) is 97.8 Å². The van der Waals surface area contributed by atoms with Gasteiger partial charge < -0.3 is 76.8 Å². The lowest BCUT2D eigenvalue weighted by molar-refractivity contribution is -0.175. The van der Waals surface area contributed by atoms with Crippen molar-refractivity contribution in [2.45, 2.75) is 159 Å². The number of carbonyl (C=O) groups excluding carboxylic acids is 3. The number of amides is 3. The normalized spacial score (nSPS) is 34.6. The summed E-state index contributed by atoms with van der Waals surface area (Å²) in [6.07, 6.45) is -7.85. The Kier molecular flexibility index (Phi) is 18.6. The van der Waals surface area contributed by atoms with Gasteiger partial charge in [-0.3, -0.25) is 14.4 Å². The second-order valence-corrected chi connectivity index (χ2v) is 18.9. The highest BCUT2D eigenvalue weighted by Crippen LogP contribution is 2.68. The van der Waals surface area contributed by atoms with E-state index in [4.69, 9.17) is 10.2 Å². The molecule has 3 amide bonds. The number of aliphatic hydroxyl groups is 12. The summed E-state index contributed by atoms with van der Waals surface area (Å²) in [5.41, 5.74) is -0.164. The fourth-order valence-electron chi connectivity index (χ4n) is 11.8. The monoisotopic (exact) mass is 862 g/mol. The van der Waals surface area contributed by atoms with Crippen molar-refractivity contribution in [3.8, 4) is 0 Å². The van der Waals surface area contributed by atoms with E-state index in [1.807, 2.05) is 0 Å². The number of hydrogen-bond donors (Lipinski definition) is 14. The average Bonchev–Trinajstić information content (AvgIpc) is 3.61. The summed E-state index contributed by atoms with van der Waals surface area (Å²) in [7, 11) is 0.